The van der Waals surface area contributed by atoms with Gasteiger partial charge in [0.2, 0.25) is 0 Å². The van der Waals surface area contributed by atoms with Gasteiger partial charge in [-0.15, -0.1) is 0 Å². The number of allylic oxidation sites excluding steroid dienone is 4. The van der Waals surface area contributed by atoms with Gasteiger partial charge in [-0.05, 0) is 76.0 Å². The molecule has 0 spiro atoms. The summed E-state index contributed by atoms with van der Waals surface area (Å²) in [5.41, 5.74) is 6.59. The van der Waals surface area contributed by atoms with Gasteiger partial charge in [0, 0.05) is 16.8 Å². The average molecular weight is 531 g/mol. The van der Waals surface area contributed by atoms with Crippen LogP contribution in [0.1, 0.15) is 39.6 Å². The highest BCUT2D eigenvalue weighted by molar-refractivity contribution is 6.33. The van der Waals surface area contributed by atoms with Gasteiger partial charge in [0.1, 0.15) is 0 Å². The van der Waals surface area contributed by atoms with Crippen LogP contribution >= 0.6 is 0 Å². The number of hydrogen-bond acceptors (Lipinski definition) is 7. The molecule has 3 rings (SSSR count). The minimum absolute atomic E-state index is 0.329. The molecule has 204 valence electrons. The Bertz CT molecular complexity index is 1320. The lowest BCUT2D eigenvalue weighted by atomic mass is 9.98. The molecule has 0 unspecified atom stereocenters. The van der Waals surface area contributed by atoms with Crippen LogP contribution in [0.3, 0.4) is 0 Å². The summed E-state index contributed by atoms with van der Waals surface area (Å²) < 4.78 is 4.80. The van der Waals surface area contributed by atoms with E-state index >= 15 is 0 Å². The highest BCUT2D eigenvalue weighted by atomic mass is 16.6. The third-order valence-corrected chi connectivity index (χ3v) is 5.85. The van der Waals surface area contributed by atoms with E-state index in [1.54, 1.807) is 48.5 Å². The van der Waals surface area contributed by atoms with Gasteiger partial charge < -0.3 is 20.3 Å². The molecular formula is C30H34N4O5. The Kier molecular flexibility index (Phi) is 10.4. The Morgan fingerprint density at radius 2 is 1.82 bits per heavy atom. The van der Waals surface area contributed by atoms with Gasteiger partial charge in [0.25, 0.3) is 11.8 Å². The van der Waals surface area contributed by atoms with E-state index in [2.05, 4.69) is 22.7 Å². The quantitative estimate of drug-likeness (QED) is 0.121. The Hall–Kier alpha value is -4.47. The lowest BCUT2D eigenvalue weighted by molar-refractivity contribution is -0.110. The number of hydrogen-bond donors (Lipinski definition) is 3. The number of ether oxygens (including phenoxy) is 1. The molecule has 0 radical (unpaired) electrons. The molecule has 1 heterocycles. The summed E-state index contributed by atoms with van der Waals surface area (Å²) in [7, 11) is 5.25. The molecule has 2 amide bonds. The lowest BCUT2D eigenvalue weighted by Gasteiger charge is -2.16. The van der Waals surface area contributed by atoms with Gasteiger partial charge in [-0.2, -0.15) is 0 Å². The summed E-state index contributed by atoms with van der Waals surface area (Å²) in [5, 5.41) is 6.16. The fourth-order valence-electron chi connectivity index (χ4n) is 3.88. The number of rotatable bonds is 12. The molecule has 0 aromatic heterocycles. The second-order valence-electron chi connectivity index (χ2n) is 8.95. The van der Waals surface area contributed by atoms with Crippen molar-refractivity contribution in [2.45, 2.75) is 13.3 Å². The van der Waals surface area contributed by atoms with Crippen molar-refractivity contribution >= 4 is 34.7 Å². The summed E-state index contributed by atoms with van der Waals surface area (Å²) in [6, 6.07) is 11.7. The van der Waals surface area contributed by atoms with Crippen LogP contribution in [0.25, 0.3) is 5.57 Å². The number of nitrogens with one attached hydrogen (secondary N) is 3. The first-order chi connectivity index (χ1) is 18.8. The van der Waals surface area contributed by atoms with Crippen molar-refractivity contribution in [1.82, 2.24) is 10.4 Å². The molecule has 2 aromatic carbocycles. The molecule has 2 aromatic rings. The molecular weight excluding hydrogens is 496 g/mol. The molecule has 9 heteroatoms. The first kappa shape index (κ1) is 29.1. The molecule has 0 saturated carbocycles. The second kappa shape index (κ2) is 13.9. The van der Waals surface area contributed by atoms with Crippen molar-refractivity contribution in [1.29, 1.82) is 0 Å². The maximum absolute atomic E-state index is 13.2. The monoisotopic (exact) mass is 530 g/mol. The first-order valence-electron chi connectivity index (χ1n) is 12.5. The van der Waals surface area contributed by atoms with E-state index < -0.39 is 5.97 Å². The summed E-state index contributed by atoms with van der Waals surface area (Å²) in [6.07, 6.45) is 8.00. The van der Waals surface area contributed by atoms with Crippen LogP contribution in [0, 0.1) is 0 Å². The molecule has 1 aliphatic heterocycles. The van der Waals surface area contributed by atoms with Crippen molar-refractivity contribution in [2.75, 3.05) is 45.0 Å². The maximum atomic E-state index is 13.2. The number of carbonyl (C=O) groups is 3. The van der Waals surface area contributed by atoms with Gasteiger partial charge in [0.15, 0.2) is 0 Å². The predicted octanol–water partition coefficient (Wildman–Crippen LogP) is 4.55. The molecule has 0 atom stereocenters. The number of methoxy groups -OCH3 is 1. The maximum Gasteiger partial charge on any atom is 0.337 e. The van der Waals surface area contributed by atoms with Crippen LogP contribution in [-0.4, -0.2) is 57.0 Å². The van der Waals surface area contributed by atoms with Gasteiger partial charge in [0.05, 0.1) is 36.2 Å². The molecule has 0 fully saturated rings. The van der Waals surface area contributed by atoms with Crippen molar-refractivity contribution < 1.29 is 24.0 Å². The van der Waals surface area contributed by atoms with Crippen LogP contribution < -0.4 is 16.1 Å². The van der Waals surface area contributed by atoms with Crippen molar-refractivity contribution in [2.24, 2.45) is 0 Å². The molecule has 0 bridgehead atoms. The number of fused-ring (bicyclic) bond motifs is 1. The zero-order valence-electron chi connectivity index (χ0n) is 22.7. The van der Waals surface area contributed by atoms with Crippen molar-refractivity contribution in [3.05, 3.63) is 101 Å². The largest absolute Gasteiger partial charge is 0.465 e. The zero-order valence-corrected chi connectivity index (χ0v) is 22.7. The standard InChI is InChI=1S/C30H34N4O5/c1-6-8-10-20(7-2)27(26-24-16-13-22(30(37)38-5)19-25(24)32-29(26)36)31-23-14-11-21(12-15-23)28(35)33-39-18-9-17-34(3)4/h6-8,10-16,19,31H,2,9,17-18H2,1,3-5H3,(H,32,36)(H,33,35)/b8-6-,20-10+,27-26-. The molecule has 1 aliphatic rings. The van der Waals surface area contributed by atoms with E-state index in [9.17, 15) is 14.4 Å². The number of benzene rings is 2. The highest BCUT2D eigenvalue weighted by Gasteiger charge is 2.29. The van der Waals surface area contributed by atoms with Crippen LogP contribution in [-0.2, 0) is 14.4 Å². The smallest absolute Gasteiger partial charge is 0.337 e. The fraction of sp³-hybridized carbons (Fsp3) is 0.233. The topological polar surface area (TPSA) is 109 Å². The van der Waals surface area contributed by atoms with Gasteiger partial charge in [-0.3, -0.25) is 14.4 Å². The van der Waals surface area contributed by atoms with Crippen LogP contribution in [0.5, 0.6) is 0 Å². The Labute approximate surface area is 228 Å². The number of hydroxylamine groups is 1. The SMILES string of the molecule is C=CC(=C\C=C/C)/C(Nc1ccc(C(=O)NOCCCN(C)C)cc1)=C1/C(=O)Nc2cc(C(=O)OC)ccc21. The number of carbonyl (C=O) groups excluding carboxylic acids is 3. The van der Waals surface area contributed by atoms with E-state index in [4.69, 9.17) is 9.57 Å². The van der Waals surface area contributed by atoms with E-state index in [0.29, 0.717) is 51.5 Å². The fourth-order valence-corrected chi connectivity index (χ4v) is 3.88. The minimum Gasteiger partial charge on any atom is -0.465 e. The van der Waals surface area contributed by atoms with Gasteiger partial charge in [-0.1, -0.05) is 36.9 Å². The number of esters is 1. The number of amides is 2. The van der Waals surface area contributed by atoms with E-state index in [0.717, 1.165) is 13.0 Å². The van der Waals surface area contributed by atoms with Gasteiger partial charge >= 0.3 is 5.97 Å². The minimum atomic E-state index is -0.495. The summed E-state index contributed by atoms with van der Waals surface area (Å²) in [6.45, 7) is 7.09. The highest BCUT2D eigenvalue weighted by Crippen LogP contribution is 2.37. The lowest BCUT2D eigenvalue weighted by Crippen LogP contribution is -2.25. The Morgan fingerprint density at radius 1 is 1.10 bits per heavy atom. The van der Waals surface area contributed by atoms with Crippen LogP contribution in [0.2, 0.25) is 0 Å². The average Bonchev–Trinajstić information content (AvgIpc) is 3.26. The predicted molar refractivity (Wildman–Crippen MR) is 153 cm³/mol. The summed E-state index contributed by atoms with van der Waals surface area (Å²) in [5.74, 6) is -1.17. The Balaban J connectivity index is 1.89. The molecule has 9 nitrogen and oxygen atoms in total. The third-order valence-electron chi connectivity index (χ3n) is 5.85. The Morgan fingerprint density at radius 3 is 2.46 bits per heavy atom. The van der Waals surface area contributed by atoms with E-state index in [1.165, 1.54) is 7.11 Å². The van der Waals surface area contributed by atoms with Crippen LogP contribution in [0.4, 0.5) is 11.4 Å². The summed E-state index contributed by atoms with van der Waals surface area (Å²) >= 11 is 0. The summed E-state index contributed by atoms with van der Waals surface area (Å²) in [4.78, 5) is 44.9. The first-order valence-corrected chi connectivity index (χ1v) is 12.5. The zero-order chi connectivity index (χ0) is 28.4. The third kappa shape index (κ3) is 7.53. The van der Waals surface area contributed by atoms with E-state index in [-0.39, 0.29) is 11.8 Å². The second-order valence-corrected chi connectivity index (χ2v) is 8.95. The normalized spacial score (nSPS) is 14.2. The van der Waals surface area contributed by atoms with Crippen LogP contribution in [0.15, 0.2) is 84.6 Å². The number of nitrogens with zero attached hydrogens (tertiary/aromatic N) is 1. The molecule has 0 aliphatic carbocycles. The molecule has 3 N–H and O–H groups in total. The molecule has 0 saturated heterocycles. The molecule has 39 heavy (non-hydrogen) atoms. The van der Waals surface area contributed by atoms with Gasteiger partial charge in [-0.25, -0.2) is 10.3 Å². The van der Waals surface area contributed by atoms with E-state index in [1.807, 2.05) is 44.1 Å². The number of anilines is 2. The van der Waals surface area contributed by atoms with Crippen molar-refractivity contribution in [3.63, 3.8) is 0 Å². The van der Waals surface area contributed by atoms with Crippen molar-refractivity contribution in [3.8, 4) is 0 Å².